The maximum atomic E-state index is 13.8. The number of para-hydroxylation sites is 1. The molecule has 6 N–H and O–H groups in total. The molecule has 3 heterocycles. The van der Waals surface area contributed by atoms with Crippen molar-refractivity contribution in [3.05, 3.63) is 58.4 Å². The maximum Gasteiger partial charge on any atom is 0.416 e. The van der Waals surface area contributed by atoms with Crippen LogP contribution in [-0.4, -0.2) is 73.8 Å². The van der Waals surface area contributed by atoms with Crippen LogP contribution in [0.25, 0.3) is 22.3 Å². The number of ether oxygens (including phenoxy) is 2. The first-order chi connectivity index (χ1) is 22.2. The zero-order chi connectivity index (χ0) is 34.0. The number of aromatic amines is 1. The van der Waals surface area contributed by atoms with E-state index in [1.54, 1.807) is 32.0 Å². The molecule has 5 rings (SSSR count). The average molecular weight is 657 g/mol. The molecule has 1 aliphatic heterocycles. The molecule has 2 amide bonds. The second-order valence-corrected chi connectivity index (χ2v) is 11.0. The summed E-state index contributed by atoms with van der Waals surface area (Å²) in [4.78, 5) is 53.8. The fourth-order valence-corrected chi connectivity index (χ4v) is 5.31. The lowest BCUT2D eigenvalue weighted by Crippen LogP contribution is -2.45. The van der Waals surface area contributed by atoms with Crippen LogP contribution in [0.15, 0.2) is 47.3 Å². The van der Waals surface area contributed by atoms with Crippen LogP contribution in [0.1, 0.15) is 32.3 Å². The Hall–Kier alpha value is -5.45. The summed E-state index contributed by atoms with van der Waals surface area (Å²) < 4.78 is 52.7. The molecule has 3 atom stereocenters. The van der Waals surface area contributed by atoms with Gasteiger partial charge in [-0.25, -0.2) is 14.8 Å². The van der Waals surface area contributed by atoms with E-state index >= 15 is 0 Å². The van der Waals surface area contributed by atoms with Crippen molar-refractivity contribution in [2.45, 2.75) is 51.0 Å². The van der Waals surface area contributed by atoms with Crippen LogP contribution < -0.4 is 26.7 Å². The smallest absolute Gasteiger partial charge is 0.416 e. The molecule has 1 fully saturated rings. The quantitative estimate of drug-likeness (QED) is 0.168. The molecule has 47 heavy (non-hydrogen) atoms. The maximum absolute atomic E-state index is 13.8. The number of hydrogen-bond donors (Lipinski definition) is 5. The number of nitrogens with one attached hydrogen (secondary N) is 3. The first-order valence-corrected chi connectivity index (χ1v) is 14.4. The number of carboxylic acid groups (broad SMARTS) is 1. The lowest BCUT2D eigenvalue weighted by molar-refractivity contribution is -0.137. The van der Waals surface area contributed by atoms with E-state index in [1.807, 2.05) is 0 Å². The molecule has 17 heteroatoms. The van der Waals surface area contributed by atoms with Crippen LogP contribution >= 0.6 is 0 Å². The summed E-state index contributed by atoms with van der Waals surface area (Å²) in [6.45, 7) is 3.69. The SMILES string of the molecule is COCC(C)Nc1nc(Oc2cccc3[nH]c(=O)c(N)nc23)cc(-c2ccc(C(F)(F)F)cc2NC(=O)C2CCC(C)N2C(=O)O)n1. The number of nitrogens with zero attached hydrogens (tertiary/aromatic N) is 4. The number of aromatic nitrogens is 4. The van der Waals surface area contributed by atoms with Gasteiger partial charge in [-0.3, -0.25) is 14.5 Å². The molecule has 4 aromatic rings. The van der Waals surface area contributed by atoms with Crippen LogP contribution in [0, 0.1) is 0 Å². The molecule has 1 aliphatic rings. The van der Waals surface area contributed by atoms with Crippen LogP contribution in [0.5, 0.6) is 11.6 Å². The normalized spacial score (nSPS) is 17.0. The van der Waals surface area contributed by atoms with Crippen molar-refractivity contribution in [1.29, 1.82) is 0 Å². The molecular formula is C30H31F3N8O6. The highest BCUT2D eigenvalue weighted by atomic mass is 19.4. The topological polar surface area (TPSA) is 198 Å². The Bertz CT molecular complexity index is 1890. The number of hydrogen-bond acceptors (Lipinski definition) is 10. The Labute approximate surface area is 265 Å². The van der Waals surface area contributed by atoms with Gasteiger partial charge < -0.3 is 35.9 Å². The van der Waals surface area contributed by atoms with Crippen LogP contribution in [0.4, 0.5) is 35.4 Å². The zero-order valence-electron chi connectivity index (χ0n) is 25.4. The van der Waals surface area contributed by atoms with Crippen molar-refractivity contribution >= 4 is 40.5 Å². The molecule has 0 spiro atoms. The summed E-state index contributed by atoms with van der Waals surface area (Å²) in [5.74, 6) is -0.989. The lowest BCUT2D eigenvalue weighted by atomic mass is 10.0. The first kappa shape index (κ1) is 32.9. The van der Waals surface area contributed by atoms with Gasteiger partial charge in [0.25, 0.3) is 5.56 Å². The highest BCUT2D eigenvalue weighted by Gasteiger charge is 2.39. The number of fused-ring (bicyclic) bond motifs is 1. The number of anilines is 3. The highest BCUT2D eigenvalue weighted by Crippen LogP contribution is 2.38. The zero-order valence-corrected chi connectivity index (χ0v) is 25.4. The van der Waals surface area contributed by atoms with Crippen molar-refractivity contribution in [3.63, 3.8) is 0 Å². The fraction of sp³-hybridized carbons (Fsp3) is 0.333. The fourth-order valence-electron chi connectivity index (χ4n) is 5.31. The molecule has 0 saturated carbocycles. The summed E-state index contributed by atoms with van der Waals surface area (Å²) in [5, 5.41) is 15.2. The van der Waals surface area contributed by atoms with Crippen LogP contribution in [0.2, 0.25) is 0 Å². The van der Waals surface area contributed by atoms with E-state index in [0.29, 0.717) is 11.9 Å². The van der Waals surface area contributed by atoms with E-state index in [4.69, 9.17) is 15.2 Å². The number of halogens is 3. The molecule has 248 valence electrons. The number of H-pyrrole nitrogens is 1. The summed E-state index contributed by atoms with van der Waals surface area (Å²) in [5.41, 5.74) is 4.50. The predicted molar refractivity (Wildman–Crippen MR) is 165 cm³/mol. The Kier molecular flexibility index (Phi) is 9.19. The van der Waals surface area contributed by atoms with Crippen molar-refractivity contribution in [2.75, 3.05) is 30.1 Å². The Morgan fingerprint density at radius 1 is 1.17 bits per heavy atom. The van der Waals surface area contributed by atoms with Gasteiger partial charge in [0.2, 0.25) is 17.7 Å². The highest BCUT2D eigenvalue weighted by molar-refractivity contribution is 6.00. The van der Waals surface area contributed by atoms with E-state index < -0.39 is 41.4 Å². The number of amides is 2. The summed E-state index contributed by atoms with van der Waals surface area (Å²) in [6, 6.07) is 6.95. The molecule has 2 aromatic carbocycles. The number of nitrogen functional groups attached to an aromatic ring is 1. The number of alkyl halides is 3. The standard InChI is InChI=1S/C30H31F3N8O6/c1-14(13-46-3)35-28-38-20(12-23(39-28)47-22-6-4-5-18-24(22)40-25(34)27(43)36-18)17-9-8-16(30(31,32)33)11-19(17)37-26(42)21-10-7-15(2)41(21)29(44)45/h4-6,8-9,11-12,14-15,21H,7,10,13H2,1-3H3,(H2,34,40)(H,36,43)(H,37,42)(H,44,45)(H,35,38,39). The third-order valence-electron chi connectivity index (χ3n) is 7.49. The number of methoxy groups -OCH3 is 1. The van der Waals surface area contributed by atoms with Gasteiger partial charge in [-0.05, 0) is 51.0 Å². The molecule has 14 nitrogen and oxygen atoms in total. The van der Waals surface area contributed by atoms with Gasteiger partial charge in [0.15, 0.2) is 11.6 Å². The summed E-state index contributed by atoms with van der Waals surface area (Å²) >= 11 is 0. The number of likely N-dealkylation sites (tertiary alicyclic amines) is 1. The van der Waals surface area contributed by atoms with Crippen molar-refractivity contribution in [2.24, 2.45) is 0 Å². The largest absolute Gasteiger partial charge is 0.465 e. The van der Waals surface area contributed by atoms with Crippen molar-refractivity contribution in [1.82, 2.24) is 24.8 Å². The molecule has 0 aliphatic carbocycles. The third-order valence-corrected chi connectivity index (χ3v) is 7.49. The summed E-state index contributed by atoms with van der Waals surface area (Å²) in [7, 11) is 1.50. The van der Waals surface area contributed by atoms with Gasteiger partial charge in [-0.2, -0.15) is 18.2 Å². The van der Waals surface area contributed by atoms with Crippen LogP contribution in [0.3, 0.4) is 0 Å². The Morgan fingerprint density at radius 2 is 1.94 bits per heavy atom. The second kappa shape index (κ2) is 13.1. The van der Waals surface area contributed by atoms with Gasteiger partial charge in [0.05, 0.1) is 29.1 Å². The predicted octanol–water partition coefficient (Wildman–Crippen LogP) is 4.69. The molecule has 0 bridgehead atoms. The van der Waals surface area contributed by atoms with E-state index in [9.17, 15) is 32.7 Å². The Balaban J connectivity index is 1.61. The lowest BCUT2D eigenvalue weighted by Gasteiger charge is -2.25. The first-order valence-electron chi connectivity index (χ1n) is 14.4. The van der Waals surface area contributed by atoms with Gasteiger partial charge >= 0.3 is 12.3 Å². The number of carbonyl (C=O) groups excluding carboxylic acids is 1. The van der Waals surface area contributed by atoms with E-state index in [2.05, 4.69) is 30.6 Å². The van der Waals surface area contributed by atoms with Crippen LogP contribution in [-0.2, 0) is 15.7 Å². The molecular weight excluding hydrogens is 625 g/mol. The van der Waals surface area contributed by atoms with Gasteiger partial charge in [-0.1, -0.05) is 12.1 Å². The van der Waals surface area contributed by atoms with E-state index in [0.717, 1.165) is 23.1 Å². The summed E-state index contributed by atoms with van der Waals surface area (Å²) in [6.07, 6.45) is -5.46. The minimum atomic E-state index is -4.75. The van der Waals surface area contributed by atoms with E-state index in [1.165, 1.54) is 13.2 Å². The molecule has 3 unspecified atom stereocenters. The molecule has 1 saturated heterocycles. The third kappa shape index (κ3) is 7.19. The number of benzene rings is 2. The van der Waals surface area contributed by atoms with Gasteiger partial charge in [-0.15, -0.1) is 0 Å². The second-order valence-electron chi connectivity index (χ2n) is 11.0. The minimum Gasteiger partial charge on any atom is -0.465 e. The number of rotatable bonds is 9. The van der Waals surface area contributed by atoms with E-state index in [-0.39, 0.29) is 64.9 Å². The van der Waals surface area contributed by atoms with Gasteiger partial charge in [0, 0.05) is 30.8 Å². The van der Waals surface area contributed by atoms with Crippen molar-refractivity contribution in [3.8, 4) is 22.9 Å². The monoisotopic (exact) mass is 656 g/mol. The average Bonchev–Trinajstić information content (AvgIpc) is 3.39. The Morgan fingerprint density at radius 3 is 2.64 bits per heavy atom. The number of nitrogens with two attached hydrogens (primary N) is 1. The molecule has 2 aromatic heterocycles. The number of carbonyl (C=O) groups is 2. The molecule has 0 radical (unpaired) electrons. The van der Waals surface area contributed by atoms with Gasteiger partial charge in [0.1, 0.15) is 11.6 Å². The minimum absolute atomic E-state index is 0.0158. The van der Waals surface area contributed by atoms with Crippen molar-refractivity contribution < 1.29 is 37.3 Å².